The highest BCUT2D eigenvalue weighted by Gasteiger charge is 2.47. The van der Waals surface area contributed by atoms with Gasteiger partial charge in [-0.2, -0.15) is 0 Å². The van der Waals surface area contributed by atoms with Gasteiger partial charge in [-0.15, -0.1) is 0 Å². The number of nitrogens with zero attached hydrogens (tertiary/aromatic N) is 1. The topological polar surface area (TPSA) is 168 Å². The molecule has 1 aliphatic rings. The number of aromatic nitrogens is 1. The molecule has 5 atom stereocenters. The molecule has 1 saturated heterocycles. The number of carbonyl (C=O) groups excluding carboxylic acids is 2. The van der Waals surface area contributed by atoms with E-state index in [1.165, 1.54) is 7.05 Å². The van der Waals surface area contributed by atoms with Crippen molar-refractivity contribution in [3.8, 4) is 0 Å². The van der Waals surface area contributed by atoms with Crippen molar-refractivity contribution in [2.45, 2.75) is 30.5 Å². The van der Waals surface area contributed by atoms with Crippen LogP contribution in [0.5, 0.6) is 0 Å². The summed E-state index contributed by atoms with van der Waals surface area (Å²) >= 11 is 0. The monoisotopic (exact) mass is 401 g/mol. The van der Waals surface area contributed by atoms with Crippen molar-refractivity contribution in [3.05, 3.63) is 28.8 Å². The van der Waals surface area contributed by atoms with Gasteiger partial charge in [0, 0.05) is 18.2 Å². The molecule has 1 aliphatic heterocycles. The molecule has 0 aromatic carbocycles. The summed E-state index contributed by atoms with van der Waals surface area (Å²) in [4.78, 5) is 24.7. The minimum atomic E-state index is -1.72. The molecule has 156 valence electrons. The van der Waals surface area contributed by atoms with Gasteiger partial charge in [0.1, 0.15) is 41.9 Å². The Morgan fingerprint density at radius 1 is 1.07 bits per heavy atom. The van der Waals surface area contributed by atoms with Gasteiger partial charge in [0.25, 0.3) is 0 Å². The van der Waals surface area contributed by atoms with Crippen LogP contribution in [0.2, 0.25) is 0 Å². The molecule has 1 aromatic heterocycles. The summed E-state index contributed by atoms with van der Waals surface area (Å²) < 4.78 is 16.1. The maximum absolute atomic E-state index is 12.4. The Hall–Kier alpha value is -2.44. The van der Waals surface area contributed by atoms with Crippen molar-refractivity contribution in [2.24, 2.45) is 7.05 Å². The normalized spacial score (nSPS) is 27.8. The molecule has 0 amide bonds. The quantitative estimate of drug-likeness (QED) is 0.294. The lowest BCUT2D eigenvalue weighted by molar-refractivity contribution is -0.231. The Bertz CT molecular complexity index is 768. The van der Waals surface area contributed by atoms with Gasteiger partial charge in [-0.1, -0.05) is 0 Å². The number of rotatable bonds is 5. The average molecular weight is 401 g/mol. The highest BCUT2D eigenvalue weighted by atomic mass is 16.5. The maximum atomic E-state index is 12.4. The van der Waals surface area contributed by atoms with Crippen molar-refractivity contribution in [2.75, 3.05) is 20.8 Å². The molecule has 0 saturated carbocycles. The van der Waals surface area contributed by atoms with Gasteiger partial charge in [-0.3, -0.25) is 0 Å². The van der Waals surface area contributed by atoms with Crippen LogP contribution in [0.25, 0.3) is 6.08 Å². The lowest BCUT2D eigenvalue weighted by Gasteiger charge is -2.40. The molecule has 0 spiro atoms. The molecule has 11 heteroatoms. The van der Waals surface area contributed by atoms with E-state index in [4.69, 9.17) is 14.2 Å². The van der Waals surface area contributed by atoms with Crippen LogP contribution in [0, 0.1) is 0 Å². The molecule has 5 N–H and O–H groups in total. The summed E-state index contributed by atoms with van der Waals surface area (Å²) in [7, 11) is 3.58. The van der Waals surface area contributed by atoms with Crippen LogP contribution in [0.15, 0.2) is 6.26 Å². The van der Waals surface area contributed by atoms with Crippen LogP contribution in [0.4, 0.5) is 0 Å². The van der Waals surface area contributed by atoms with E-state index in [0.29, 0.717) is 6.26 Å². The van der Waals surface area contributed by atoms with Gasteiger partial charge in [0.15, 0.2) is 0 Å². The molecule has 2 rings (SSSR count). The maximum Gasteiger partial charge on any atom is 0.355 e. The van der Waals surface area contributed by atoms with E-state index in [0.717, 1.165) is 24.9 Å². The number of esters is 2. The Kier molecular flexibility index (Phi) is 6.80. The summed E-state index contributed by atoms with van der Waals surface area (Å²) in [5.74, 6) is -1.74. The summed E-state index contributed by atoms with van der Waals surface area (Å²) in [5.41, 5.74) is -0.473. The summed E-state index contributed by atoms with van der Waals surface area (Å²) in [5, 5.41) is 49.2. The fraction of sp³-hybridized carbons (Fsp3) is 0.529. The number of carbonyl (C=O) groups is 2. The summed E-state index contributed by atoms with van der Waals surface area (Å²) in [6.45, 7) is -0.684. The van der Waals surface area contributed by atoms with E-state index in [1.54, 1.807) is 0 Å². The molecule has 0 radical (unpaired) electrons. The largest absolute Gasteiger partial charge is 0.516 e. The minimum absolute atomic E-state index is 0.0263. The lowest BCUT2D eigenvalue weighted by atomic mass is 9.89. The smallest absolute Gasteiger partial charge is 0.355 e. The summed E-state index contributed by atoms with van der Waals surface area (Å²) in [6, 6.07) is 0. The Balaban J connectivity index is 2.80. The van der Waals surface area contributed by atoms with Gasteiger partial charge in [-0.05, 0) is 6.08 Å². The first-order valence-electron chi connectivity index (χ1n) is 8.25. The van der Waals surface area contributed by atoms with Crippen molar-refractivity contribution in [1.82, 2.24) is 4.57 Å². The van der Waals surface area contributed by atoms with Gasteiger partial charge in [0.05, 0.1) is 27.1 Å². The van der Waals surface area contributed by atoms with Crippen molar-refractivity contribution in [1.29, 1.82) is 0 Å². The fourth-order valence-corrected chi connectivity index (χ4v) is 3.29. The van der Waals surface area contributed by atoms with Crippen LogP contribution < -0.4 is 0 Å². The predicted octanol–water partition coefficient (Wildman–Crippen LogP) is -1.36. The van der Waals surface area contributed by atoms with E-state index in [-0.39, 0.29) is 22.5 Å². The second-order valence-corrected chi connectivity index (χ2v) is 6.13. The zero-order chi connectivity index (χ0) is 21.2. The highest BCUT2D eigenvalue weighted by Crippen LogP contribution is 2.39. The summed E-state index contributed by atoms with van der Waals surface area (Å²) in [6.07, 6.45) is -6.05. The van der Waals surface area contributed by atoms with Crippen LogP contribution in [-0.2, 0) is 21.3 Å². The number of hydrogen-bond donors (Lipinski definition) is 5. The first-order valence-corrected chi connectivity index (χ1v) is 8.25. The molecule has 0 bridgehead atoms. The Morgan fingerprint density at radius 2 is 1.64 bits per heavy atom. The van der Waals surface area contributed by atoms with E-state index >= 15 is 0 Å². The van der Waals surface area contributed by atoms with Gasteiger partial charge in [-0.25, -0.2) is 9.59 Å². The van der Waals surface area contributed by atoms with Crippen molar-refractivity contribution in [3.63, 3.8) is 0 Å². The first kappa shape index (κ1) is 21.9. The predicted molar refractivity (Wildman–Crippen MR) is 92.5 cm³/mol. The minimum Gasteiger partial charge on any atom is -0.516 e. The number of aliphatic hydroxyl groups excluding tert-OH is 5. The third kappa shape index (κ3) is 3.50. The third-order valence-electron chi connectivity index (χ3n) is 4.65. The van der Waals surface area contributed by atoms with Gasteiger partial charge < -0.3 is 44.3 Å². The molecule has 1 aromatic rings. The molecule has 1 fully saturated rings. The standard InChI is InChI=1S/C17H23NO10/c1-18-10(16(24)26-2)7(4-5-19)9(11(18)17(25)27-3)15-14(23)13(22)12(21)8(6-20)28-15/h4-5,8,12-15,19-23H,6H2,1-3H3. The van der Waals surface area contributed by atoms with Crippen LogP contribution in [0.3, 0.4) is 0 Å². The molecule has 0 aliphatic carbocycles. The molecule has 5 unspecified atom stereocenters. The number of methoxy groups -OCH3 is 2. The van der Waals surface area contributed by atoms with Crippen LogP contribution in [0.1, 0.15) is 38.2 Å². The number of hydrogen-bond acceptors (Lipinski definition) is 10. The SMILES string of the molecule is COC(=O)c1c(C=CO)c(C2OC(CO)C(O)C(O)C2O)c(C(=O)OC)n1C. The van der Waals surface area contributed by atoms with E-state index in [1.807, 2.05) is 0 Å². The zero-order valence-electron chi connectivity index (χ0n) is 15.5. The Morgan fingerprint density at radius 3 is 2.14 bits per heavy atom. The molecule has 2 heterocycles. The fourth-order valence-electron chi connectivity index (χ4n) is 3.29. The Labute approximate surface area is 160 Å². The average Bonchev–Trinajstić information content (AvgIpc) is 2.97. The van der Waals surface area contributed by atoms with Crippen molar-refractivity contribution < 1.29 is 49.3 Å². The van der Waals surface area contributed by atoms with Crippen molar-refractivity contribution >= 4 is 18.0 Å². The molecular weight excluding hydrogens is 378 g/mol. The van der Waals surface area contributed by atoms with E-state index in [9.17, 15) is 35.1 Å². The van der Waals surface area contributed by atoms with Crippen LogP contribution >= 0.6 is 0 Å². The molecule has 28 heavy (non-hydrogen) atoms. The lowest BCUT2D eigenvalue weighted by Crippen LogP contribution is -2.55. The number of aliphatic hydroxyl groups is 5. The highest BCUT2D eigenvalue weighted by molar-refractivity contribution is 5.99. The second kappa shape index (κ2) is 8.71. The first-order chi connectivity index (χ1) is 13.2. The zero-order valence-corrected chi connectivity index (χ0v) is 15.5. The van der Waals surface area contributed by atoms with Gasteiger partial charge >= 0.3 is 11.9 Å². The van der Waals surface area contributed by atoms with E-state index < -0.39 is 49.1 Å². The van der Waals surface area contributed by atoms with E-state index in [2.05, 4.69) is 0 Å². The second-order valence-electron chi connectivity index (χ2n) is 6.13. The molecular formula is C17H23NO10. The van der Waals surface area contributed by atoms with Crippen LogP contribution in [-0.4, -0.2) is 87.3 Å². The van der Waals surface area contributed by atoms with Gasteiger partial charge in [0.2, 0.25) is 0 Å². The third-order valence-corrected chi connectivity index (χ3v) is 4.65. The number of ether oxygens (including phenoxy) is 3. The molecule has 11 nitrogen and oxygen atoms in total.